The molecular weight excluding hydrogens is 518 g/mol. The maximum atomic E-state index is 14.0. The number of aliphatic hydroxyl groups is 1. The van der Waals surface area contributed by atoms with Crippen molar-refractivity contribution in [2.45, 2.75) is 74.1 Å². The number of hydrogen-bond donors (Lipinski definition) is 1. The van der Waals surface area contributed by atoms with Crippen LogP contribution in [-0.4, -0.2) is 103 Å². The van der Waals surface area contributed by atoms with Crippen molar-refractivity contribution in [3.8, 4) is 0 Å². The SMILES string of the molecule is CC(C)(CO)N1CCN(C(=O)OC2([C@@H]3COC[C@H](CC4CC4)N3S(=O)(=O)c3ccc(Cl)cc3)CC2)CC1. The number of halogens is 1. The van der Waals surface area contributed by atoms with E-state index in [0.29, 0.717) is 56.6 Å². The zero-order valence-electron chi connectivity index (χ0n) is 21.6. The number of benzene rings is 1. The molecule has 1 amide bonds. The molecular formula is C26H38ClN3O6S. The maximum Gasteiger partial charge on any atom is 0.410 e. The monoisotopic (exact) mass is 555 g/mol. The van der Waals surface area contributed by atoms with Crippen molar-refractivity contribution in [1.82, 2.24) is 14.1 Å². The van der Waals surface area contributed by atoms with E-state index in [-0.39, 0.29) is 29.7 Å². The van der Waals surface area contributed by atoms with E-state index in [9.17, 15) is 18.3 Å². The number of rotatable bonds is 8. The van der Waals surface area contributed by atoms with Crippen molar-refractivity contribution in [3.05, 3.63) is 29.3 Å². The minimum Gasteiger partial charge on any atom is -0.441 e. The molecule has 2 saturated heterocycles. The molecule has 0 radical (unpaired) electrons. The van der Waals surface area contributed by atoms with E-state index in [1.54, 1.807) is 21.3 Å². The predicted molar refractivity (Wildman–Crippen MR) is 139 cm³/mol. The van der Waals surface area contributed by atoms with Gasteiger partial charge in [0.2, 0.25) is 10.0 Å². The summed E-state index contributed by atoms with van der Waals surface area (Å²) in [6.07, 6.45) is 3.76. The Bertz CT molecular complexity index is 1080. The highest BCUT2D eigenvalue weighted by molar-refractivity contribution is 7.89. The second-order valence-electron chi connectivity index (χ2n) is 11.6. The highest BCUT2D eigenvalue weighted by atomic mass is 35.5. The lowest BCUT2D eigenvalue weighted by Gasteiger charge is -2.45. The van der Waals surface area contributed by atoms with E-state index in [2.05, 4.69) is 4.90 Å². The van der Waals surface area contributed by atoms with Gasteiger partial charge in [-0.05, 0) is 63.3 Å². The number of hydrogen-bond acceptors (Lipinski definition) is 7. The molecule has 0 bridgehead atoms. The molecule has 2 saturated carbocycles. The van der Waals surface area contributed by atoms with Crippen LogP contribution in [0.4, 0.5) is 4.79 Å². The van der Waals surface area contributed by atoms with Gasteiger partial charge in [0.25, 0.3) is 0 Å². The average molecular weight is 556 g/mol. The third-order valence-electron chi connectivity index (χ3n) is 8.37. The first-order chi connectivity index (χ1) is 17.6. The Morgan fingerprint density at radius 3 is 2.35 bits per heavy atom. The lowest BCUT2D eigenvalue weighted by atomic mass is 10.0. The minimum atomic E-state index is -3.87. The van der Waals surface area contributed by atoms with Crippen LogP contribution in [-0.2, 0) is 19.5 Å². The lowest BCUT2D eigenvalue weighted by Crippen LogP contribution is -2.62. The molecule has 4 fully saturated rings. The molecule has 11 heteroatoms. The fourth-order valence-electron chi connectivity index (χ4n) is 5.56. The quantitative estimate of drug-likeness (QED) is 0.526. The van der Waals surface area contributed by atoms with Crippen LogP contribution < -0.4 is 0 Å². The van der Waals surface area contributed by atoms with Crippen molar-refractivity contribution in [1.29, 1.82) is 0 Å². The molecule has 0 spiro atoms. The standard InChI is InChI=1S/C26H38ClN3O6S/c1-25(2,18-31)29-13-11-28(12-14-29)24(32)36-26(9-10-26)23-17-35-16-21(15-19-3-4-19)30(23)37(33,34)22-7-5-20(27)6-8-22/h5-8,19,21,23,31H,3-4,9-18H2,1-2H3/t21-,23-/m0/s1. The number of piperazine rings is 1. The largest absolute Gasteiger partial charge is 0.441 e. The summed E-state index contributed by atoms with van der Waals surface area (Å²) in [5.41, 5.74) is -1.24. The van der Waals surface area contributed by atoms with Gasteiger partial charge in [-0.2, -0.15) is 4.31 Å². The van der Waals surface area contributed by atoms with Gasteiger partial charge in [0.1, 0.15) is 5.60 Å². The number of carbonyl (C=O) groups is 1. The highest BCUT2D eigenvalue weighted by Gasteiger charge is 2.60. The Kier molecular flexibility index (Phi) is 7.54. The third kappa shape index (κ3) is 5.65. The topological polar surface area (TPSA) is 99.6 Å². The molecule has 9 nitrogen and oxygen atoms in total. The molecule has 2 aliphatic carbocycles. The molecule has 2 heterocycles. The van der Waals surface area contributed by atoms with Crippen LogP contribution in [0.15, 0.2) is 29.2 Å². The Labute approximate surface area is 224 Å². The second kappa shape index (κ2) is 10.3. The number of morpholine rings is 1. The summed E-state index contributed by atoms with van der Waals surface area (Å²) < 4.78 is 41.7. The number of carbonyl (C=O) groups excluding carboxylic acids is 1. The van der Waals surface area contributed by atoms with E-state index in [0.717, 1.165) is 19.3 Å². The lowest BCUT2D eigenvalue weighted by molar-refractivity contribution is -0.0762. The van der Waals surface area contributed by atoms with Gasteiger partial charge >= 0.3 is 6.09 Å². The molecule has 2 aliphatic heterocycles. The molecule has 5 rings (SSSR count). The Balaban J connectivity index is 1.34. The molecule has 0 unspecified atom stereocenters. The van der Waals surface area contributed by atoms with Crippen LogP contribution in [0.25, 0.3) is 0 Å². The van der Waals surface area contributed by atoms with Crippen LogP contribution in [0.5, 0.6) is 0 Å². The molecule has 4 aliphatic rings. The molecule has 206 valence electrons. The van der Waals surface area contributed by atoms with Crippen molar-refractivity contribution in [3.63, 3.8) is 0 Å². The Morgan fingerprint density at radius 2 is 1.78 bits per heavy atom. The first-order valence-electron chi connectivity index (χ1n) is 13.3. The van der Waals surface area contributed by atoms with Crippen molar-refractivity contribution in [2.24, 2.45) is 5.92 Å². The first-order valence-corrected chi connectivity index (χ1v) is 15.1. The predicted octanol–water partition coefficient (Wildman–Crippen LogP) is 2.96. The van der Waals surface area contributed by atoms with Gasteiger partial charge in [-0.15, -0.1) is 0 Å². The van der Waals surface area contributed by atoms with Gasteiger partial charge in [0, 0.05) is 42.8 Å². The number of sulfonamides is 1. The van der Waals surface area contributed by atoms with Crippen LogP contribution >= 0.6 is 11.6 Å². The number of amides is 1. The number of nitrogens with zero attached hydrogens (tertiary/aromatic N) is 3. The summed E-state index contributed by atoms with van der Waals surface area (Å²) in [6, 6.07) is 5.38. The van der Waals surface area contributed by atoms with Crippen molar-refractivity contribution in [2.75, 3.05) is 46.0 Å². The summed E-state index contributed by atoms with van der Waals surface area (Å²) in [5.74, 6) is 0.507. The average Bonchev–Trinajstić information content (AvgIpc) is 3.82. The van der Waals surface area contributed by atoms with Crippen molar-refractivity contribution < 1.29 is 27.8 Å². The first kappa shape index (κ1) is 27.1. The normalized spacial score (nSPS) is 27.2. The van der Waals surface area contributed by atoms with Crippen molar-refractivity contribution >= 4 is 27.7 Å². The van der Waals surface area contributed by atoms with Gasteiger partial charge in [-0.25, -0.2) is 13.2 Å². The van der Waals surface area contributed by atoms with Gasteiger partial charge in [-0.3, -0.25) is 4.90 Å². The van der Waals surface area contributed by atoms with E-state index in [1.165, 1.54) is 12.1 Å². The Morgan fingerprint density at radius 1 is 1.14 bits per heavy atom. The van der Waals surface area contributed by atoms with E-state index < -0.39 is 27.8 Å². The third-order valence-corrected chi connectivity index (χ3v) is 10.6. The zero-order valence-corrected chi connectivity index (χ0v) is 23.2. The highest BCUT2D eigenvalue weighted by Crippen LogP contribution is 2.49. The van der Waals surface area contributed by atoms with E-state index in [1.807, 2.05) is 13.8 Å². The smallest absolute Gasteiger partial charge is 0.410 e. The number of ether oxygens (including phenoxy) is 2. The molecule has 2 atom stereocenters. The van der Waals surface area contributed by atoms with Crippen LogP contribution in [0.3, 0.4) is 0 Å². The molecule has 37 heavy (non-hydrogen) atoms. The van der Waals surface area contributed by atoms with E-state index >= 15 is 0 Å². The maximum absolute atomic E-state index is 14.0. The van der Waals surface area contributed by atoms with Crippen LogP contribution in [0.2, 0.25) is 5.02 Å². The zero-order chi connectivity index (χ0) is 26.4. The van der Waals surface area contributed by atoms with Gasteiger partial charge in [-0.1, -0.05) is 24.4 Å². The summed E-state index contributed by atoms with van der Waals surface area (Å²) >= 11 is 6.03. The summed E-state index contributed by atoms with van der Waals surface area (Å²) in [4.78, 5) is 17.3. The van der Waals surface area contributed by atoms with Crippen LogP contribution in [0.1, 0.15) is 46.0 Å². The summed E-state index contributed by atoms with van der Waals surface area (Å²) in [5, 5.41) is 10.1. The van der Waals surface area contributed by atoms with Gasteiger partial charge < -0.3 is 19.5 Å². The summed E-state index contributed by atoms with van der Waals surface area (Å²) in [6.45, 7) is 6.82. The Hall–Kier alpha value is -1.43. The molecule has 0 aromatic heterocycles. The van der Waals surface area contributed by atoms with E-state index in [4.69, 9.17) is 21.1 Å². The fraction of sp³-hybridized carbons (Fsp3) is 0.731. The molecule has 1 aromatic carbocycles. The molecule has 1 N–H and O–H groups in total. The second-order valence-corrected chi connectivity index (χ2v) is 13.8. The summed E-state index contributed by atoms with van der Waals surface area (Å²) in [7, 11) is -3.87. The fourth-order valence-corrected chi connectivity index (χ4v) is 7.54. The molecule has 1 aromatic rings. The van der Waals surface area contributed by atoms with Gasteiger partial charge in [0.05, 0.1) is 30.8 Å². The number of aliphatic hydroxyl groups excluding tert-OH is 1. The minimum absolute atomic E-state index is 0.0438. The van der Waals surface area contributed by atoms with Gasteiger partial charge in [0.15, 0.2) is 0 Å². The van der Waals surface area contributed by atoms with Crippen LogP contribution in [0, 0.1) is 5.92 Å².